The largest absolute Gasteiger partial charge is 0.389 e. The molecule has 2 aromatic carbocycles. The molecule has 0 radical (unpaired) electrons. The summed E-state index contributed by atoms with van der Waals surface area (Å²) in [7, 11) is 0. The highest BCUT2D eigenvalue weighted by Gasteiger charge is 2.11. The van der Waals surface area contributed by atoms with E-state index in [4.69, 9.17) is 0 Å². The van der Waals surface area contributed by atoms with E-state index in [1.54, 1.807) is 31.2 Å². The van der Waals surface area contributed by atoms with Gasteiger partial charge in [-0.15, -0.1) is 0 Å². The lowest BCUT2D eigenvalue weighted by Gasteiger charge is -2.14. The minimum absolute atomic E-state index is 0.123. The fourth-order valence-electron chi connectivity index (χ4n) is 1.93. The van der Waals surface area contributed by atoms with Crippen LogP contribution < -0.4 is 5.32 Å². The fourth-order valence-corrected chi connectivity index (χ4v) is 1.93. The maximum Gasteiger partial charge on any atom is 0.194 e. The predicted molar refractivity (Wildman–Crippen MR) is 70.7 cm³/mol. The van der Waals surface area contributed by atoms with E-state index in [0.717, 1.165) is 12.1 Å². The van der Waals surface area contributed by atoms with Crippen molar-refractivity contribution in [2.24, 2.45) is 0 Å². The Morgan fingerprint density at radius 3 is 2.30 bits per heavy atom. The summed E-state index contributed by atoms with van der Waals surface area (Å²) < 4.78 is 39.0. The highest BCUT2D eigenvalue weighted by atomic mass is 19.2. The van der Waals surface area contributed by atoms with Crippen LogP contribution in [0, 0.1) is 17.5 Å². The Bertz CT molecular complexity index is 591. The van der Waals surface area contributed by atoms with Crippen LogP contribution in [0.1, 0.15) is 24.2 Å². The standard InChI is InChI=1S/C15H14F3NO/c1-9(20)11-4-2-3-5-14(11)19-8-10-6-12(16)15(18)13(17)7-10/h2-7,9,19-20H,8H2,1H3. The van der Waals surface area contributed by atoms with E-state index in [2.05, 4.69) is 5.32 Å². The molecule has 0 bridgehead atoms. The molecule has 0 aliphatic heterocycles. The molecule has 0 aliphatic carbocycles. The fraction of sp³-hybridized carbons (Fsp3) is 0.200. The third-order valence-electron chi connectivity index (χ3n) is 2.94. The number of nitrogens with one attached hydrogen (secondary N) is 1. The van der Waals surface area contributed by atoms with Gasteiger partial charge in [0.25, 0.3) is 0 Å². The van der Waals surface area contributed by atoms with E-state index in [-0.39, 0.29) is 12.1 Å². The smallest absolute Gasteiger partial charge is 0.194 e. The Labute approximate surface area is 114 Å². The lowest BCUT2D eigenvalue weighted by atomic mass is 10.1. The van der Waals surface area contributed by atoms with Crippen LogP contribution in [0.5, 0.6) is 0 Å². The van der Waals surface area contributed by atoms with Crippen molar-refractivity contribution in [2.45, 2.75) is 19.6 Å². The molecule has 0 amide bonds. The maximum absolute atomic E-state index is 13.1. The topological polar surface area (TPSA) is 32.3 Å². The molecule has 5 heteroatoms. The van der Waals surface area contributed by atoms with Crippen LogP contribution >= 0.6 is 0 Å². The highest BCUT2D eigenvalue weighted by Crippen LogP contribution is 2.23. The molecule has 0 heterocycles. The monoisotopic (exact) mass is 281 g/mol. The predicted octanol–water partition coefficient (Wildman–Crippen LogP) is 3.77. The van der Waals surface area contributed by atoms with Gasteiger partial charge in [-0.25, -0.2) is 13.2 Å². The zero-order valence-electron chi connectivity index (χ0n) is 10.8. The number of para-hydroxylation sites is 1. The van der Waals surface area contributed by atoms with Crippen molar-refractivity contribution >= 4 is 5.69 Å². The molecule has 0 fully saturated rings. The van der Waals surface area contributed by atoms with Crippen LogP contribution in [0.3, 0.4) is 0 Å². The Morgan fingerprint density at radius 1 is 1.10 bits per heavy atom. The van der Waals surface area contributed by atoms with Crippen molar-refractivity contribution in [1.82, 2.24) is 0 Å². The zero-order valence-corrected chi connectivity index (χ0v) is 10.8. The van der Waals surface area contributed by atoms with Gasteiger partial charge in [0.15, 0.2) is 17.5 Å². The number of aliphatic hydroxyl groups excluding tert-OH is 1. The minimum Gasteiger partial charge on any atom is -0.389 e. The molecule has 2 rings (SSSR count). The van der Waals surface area contributed by atoms with Gasteiger partial charge < -0.3 is 10.4 Å². The first kappa shape index (κ1) is 14.4. The SMILES string of the molecule is CC(O)c1ccccc1NCc1cc(F)c(F)c(F)c1. The zero-order chi connectivity index (χ0) is 14.7. The van der Waals surface area contributed by atoms with E-state index >= 15 is 0 Å². The van der Waals surface area contributed by atoms with E-state index < -0.39 is 23.6 Å². The summed E-state index contributed by atoms with van der Waals surface area (Å²) in [6.45, 7) is 1.75. The molecule has 1 unspecified atom stereocenters. The Morgan fingerprint density at radius 2 is 1.70 bits per heavy atom. The van der Waals surface area contributed by atoms with E-state index in [1.807, 2.05) is 0 Å². The summed E-state index contributed by atoms with van der Waals surface area (Å²) >= 11 is 0. The Kier molecular flexibility index (Phi) is 4.29. The van der Waals surface area contributed by atoms with Crippen molar-refractivity contribution in [3.05, 3.63) is 65.0 Å². The van der Waals surface area contributed by atoms with Gasteiger partial charge in [-0.3, -0.25) is 0 Å². The molecule has 0 saturated carbocycles. The molecular formula is C15H14F3NO. The van der Waals surface area contributed by atoms with Crippen LogP contribution in [-0.4, -0.2) is 5.11 Å². The summed E-state index contributed by atoms with van der Waals surface area (Å²) in [6, 6.07) is 8.94. The first-order valence-corrected chi connectivity index (χ1v) is 6.13. The van der Waals surface area contributed by atoms with Gasteiger partial charge >= 0.3 is 0 Å². The highest BCUT2D eigenvalue weighted by molar-refractivity contribution is 5.52. The number of hydrogen-bond donors (Lipinski definition) is 2. The van der Waals surface area contributed by atoms with Crippen molar-refractivity contribution in [3.8, 4) is 0 Å². The van der Waals surface area contributed by atoms with Gasteiger partial charge in [-0.05, 0) is 30.7 Å². The molecule has 106 valence electrons. The van der Waals surface area contributed by atoms with Crippen LogP contribution in [0.15, 0.2) is 36.4 Å². The molecule has 2 N–H and O–H groups in total. The van der Waals surface area contributed by atoms with Crippen LogP contribution in [-0.2, 0) is 6.54 Å². The number of benzene rings is 2. The normalized spacial score (nSPS) is 12.2. The van der Waals surface area contributed by atoms with Crippen molar-refractivity contribution in [1.29, 1.82) is 0 Å². The Hall–Kier alpha value is -2.01. The average molecular weight is 281 g/mol. The summed E-state index contributed by atoms with van der Waals surface area (Å²) in [6.07, 6.45) is -0.666. The average Bonchev–Trinajstić information content (AvgIpc) is 2.42. The second-order valence-electron chi connectivity index (χ2n) is 4.49. The molecular weight excluding hydrogens is 267 g/mol. The van der Waals surface area contributed by atoms with Crippen LogP contribution in [0.25, 0.3) is 0 Å². The van der Waals surface area contributed by atoms with Crippen molar-refractivity contribution in [3.63, 3.8) is 0 Å². The van der Waals surface area contributed by atoms with Gasteiger partial charge in [0.05, 0.1) is 6.10 Å². The molecule has 1 atom stereocenters. The molecule has 0 saturated heterocycles. The lowest BCUT2D eigenvalue weighted by Crippen LogP contribution is -2.05. The Balaban J connectivity index is 2.17. The van der Waals surface area contributed by atoms with Crippen molar-refractivity contribution < 1.29 is 18.3 Å². The summed E-state index contributed by atoms with van der Waals surface area (Å²) in [5.74, 6) is -3.91. The van der Waals surface area contributed by atoms with Crippen LogP contribution in [0.4, 0.5) is 18.9 Å². The molecule has 0 aromatic heterocycles. The molecule has 2 aromatic rings. The third-order valence-corrected chi connectivity index (χ3v) is 2.94. The summed E-state index contributed by atoms with van der Waals surface area (Å²) in [5.41, 5.74) is 1.62. The molecule has 0 spiro atoms. The van der Waals surface area contributed by atoms with Gasteiger partial charge in [0.2, 0.25) is 0 Å². The maximum atomic E-state index is 13.1. The number of rotatable bonds is 4. The van der Waals surface area contributed by atoms with Gasteiger partial charge in [-0.2, -0.15) is 0 Å². The number of halogens is 3. The van der Waals surface area contributed by atoms with E-state index in [9.17, 15) is 18.3 Å². The van der Waals surface area contributed by atoms with Gasteiger partial charge in [0, 0.05) is 17.8 Å². The molecule has 20 heavy (non-hydrogen) atoms. The first-order valence-electron chi connectivity index (χ1n) is 6.13. The van der Waals surface area contributed by atoms with E-state index in [1.165, 1.54) is 0 Å². The first-order chi connectivity index (χ1) is 9.49. The second kappa shape index (κ2) is 5.96. The number of aliphatic hydroxyl groups is 1. The number of hydrogen-bond acceptors (Lipinski definition) is 2. The van der Waals surface area contributed by atoms with Gasteiger partial charge in [-0.1, -0.05) is 18.2 Å². The molecule has 2 nitrogen and oxygen atoms in total. The van der Waals surface area contributed by atoms with E-state index in [0.29, 0.717) is 11.3 Å². The quantitative estimate of drug-likeness (QED) is 0.836. The third kappa shape index (κ3) is 3.11. The summed E-state index contributed by atoms with van der Waals surface area (Å²) in [5, 5.41) is 12.6. The van der Waals surface area contributed by atoms with Crippen LogP contribution in [0.2, 0.25) is 0 Å². The number of anilines is 1. The molecule has 0 aliphatic rings. The second-order valence-corrected chi connectivity index (χ2v) is 4.49. The lowest BCUT2D eigenvalue weighted by molar-refractivity contribution is 0.200. The minimum atomic E-state index is -1.47. The van der Waals surface area contributed by atoms with Crippen molar-refractivity contribution in [2.75, 3.05) is 5.32 Å². The van der Waals surface area contributed by atoms with Gasteiger partial charge in [0.1, 0.15) is 0 Å². The summed E-state index contributed by atoms with van der Waals surface area (Å²) in [4.78, 5) is 0.